The average molecular weight is 286 g/mol. The van der Waals surface area contributed by atoms with E-state index in [1.54, 1.807) is 0 Å². The lowest BCUT2D eigenvalue weighted by Gasteiger charge is -2.10. The molecule has 0 aromatic heterocycles. The molecule has 3 heteroatoms. The normalized spacial score (nSPS) is 12.0. The molecule has 0 saturated heterocycles. The summed E-state index contributed by atoms with van der Waals surface area (Å²) in [5.74, 6) is 2.37. The van der Waals surface area contributed by atoms with Crippen molar-refractivity contribution in [1.82, 2.24) is 0 Å². The van der Waals surface area contributed by atoms with Crippen molar-refractivity contribution in [3.63, 3.8) is 0 Å². The lowest BCUT2D eigenvalue weighted by atomic mass is 10.1. The van der Waals surface area contributed by atoms with Gasteiger partial charge in [-0.05, 0) is 54.8 Å². The first kappa shape index (κ1) is 15.4. The van der Waals surface area contributed by atoms with Crippen LogP contribution in [-0.4, -0.2) is 11.7 Å². The van der Waals surface area contributed by atoms with Crippen LogP contribution in [0.15, 0.2) is 48.5 Å². The van der Waals surface area contributed by atoms with Crippen LogP contribution in [0.3, 0.4) is 0 Å². The van der Waals surface area contributed by atoms with Crippen LogP contribution in [0, 0.1) is 0 Å². The van der Waals surface area contributed by atoms with Crippen molar-refractivity contribution in [2.24, 2.45) is 0 Å². The summed E-state index contributed by atoms with van der Waals surface area (Å²) in [4.78, 5) is 0. The number of aliphatic hydroxyl groups excluding tert-OH is 1. The lowest BCUT2D eigenvalue weighted by Crippen LogP contribution is -1.95. The van der Waals surface area contributed by atoms with Crippen LogP contribution < -0.4 is 9.47 Å². The fourth-order valence-corrected chi connectivity index (χ4v) is 1.95. The van der Waals surface area contributed by atoms with Gasteiger partial charge < -0.3 is 14.6 Å². The number of aliphatic hydroxyl groups is 1. The second kappa shape index (κ2) is 7.70. The van der Waals surface area contributed by atoms with E-state index in [2.05, 4.69) is 6.92 Å². The fraction of sp³-hybridized carbons (Fsp3) is 0.333. The molecule has 2 rings (SSSR count). The first-order valence-corrected chi connectivity index (χ1v) is 7.41. The molecule has 112 valence electrons. The standard InChI is InChI=1S/C18H22O3/c1-3-13-20-15-9-11-17(12-10-15)21-16-7-5-14(6-8-16)18(19)4-2/h5-12,18-19H,3-4,13H2,1-2H3/t18-/m1/s1. The molecule has 0 amide bonds. The Labute approximate surface area is 126 Å². The molecule has 0 fully saturated rings. The van der Waals surface area contributed by atoms with Crippen molar-refractivity contribution in [1.29, 1.82) is 0 Å². The maximum atomic E-state index is 9.76. The molecule has 0 aliphatic carbocycles. The summed E-state index contributed by atoms with van der Waals surface area (Å²) in [6.45, 7) is 4.76. The van der Waals surface area contributed by atoms with Gasteiger partial charge in [0.25, 0.3) is 0 Å². The molecule has 0 radical (unpaired) electrons. The van der Waals surface area contributed by atoms with Crippen molar-refractivity contribution in [3.05, 3.63) is 54.1 Å². The van der Waals surface area contributed by atoms with Crippen LogP contribution in [0.5, 0.6) is 17.2 Å². The Balaban J connectivity index is 1.97. The minimum Gasteiger partial charge on any atom is -0.494 e. The molecule has 0 spiro atoms. The highest BCUT2D eigenvalue weighted by molar-refractivity contribution is 5.36. The number of ether oxygens (including phenoxy) is 2. The predicted molar refractivity (Wildman–Crippen MR) is 84.0 cm³/mol. The topological polar surface area (TPSA) is 38.7 Å². The van der Waals surface area contributed by atoms with Crippen LogP contribution in [0.1, 0.15) is 38.4 Å². The van der Waals surface area contributed by atoms with Gasteiger partial charge in [-0.2, -0.15) is 0 Å². The summed E-state index contributed by atoms with van der Waals surface area (Å²) >= 11 is 0. The van der Waals surface area contributed by atoms with E-state index in [9.17, 15) is 5.11 Å². The second-order valence-corrected chi connectivity index (χ2v) is 4.92. The first-order chi connectivity index (χ1) is 10.2. The summed E-state index contributed by atoms with van der Waals surface area (Å²) in [6, 6.07) is 15.1. The van der Waals surface area contributed by atoms with Gasteiger partial charge in [0, 0.05) is 0 Å². The maximum absolute atomic E-state index is 9.76. The number of rotatable bonds is 7. The van der Waals surface area contributed by atoms with E-state index in [1.165, 1.54) is 0 Å². The van der Waals surface area contributed by atoms with E-state index in [-0.39, 0.29) is 0 Å². The molecule has 0 saturated carbocycles. The summed E-state index contributed by atoms with van der Waals surface area (Å²) in [5, 5.41) is 9.76. The lowest BCUT2D eigenvalue weighted by molar-refractivity contribution is 0.173. The highest BCUT2D eigenvalue weighted by Gasteiger charge is 2.05. The van der Waals surface area contributed by atoms with Gasteiger partial charge in [0.1, 0.15) is 17.2 Å². The van der Waals surface area contributed by atoms with Crippen molar-refractivity contribution < 1.29 is 14.6 Å². The quantitative estimate of drug-likeness (QED) is 0.801. The summed E-state index contributed by atoms with van der Waals surface area (Å²) < 4.78 is 11.3. The van der Waals surface area contributed by atoms with Gasteiger partial charge in [-0.25, -0.2) is 0 Å². The van der Waals surface area contributed by atoms with Gasteiger partial charge in [-0.3, -0.25) is 0 Å². The minimum atomic E-state index is -0.408. The minimum absolute atomic E-state index is 0.408. The van der Waals surface area contributed by atoms with Crippen molar-refractivity contribution in [3.8, 4) is 17.2 Å². The third-order valence-corrected chi connectivity index (χ3v) is 3.18. The predicted octanol–water partition coefficient (Wildman–Crippen LogP) is 4.71. The van der Waals surface area contributed by atoms with Crippen LogP contribution in [0.25, 0.3) is 0 Å². The average Bonchev–Trinajstić information content (AvgIpc) is 2.54. The van der Waals surface area contributed by atoms with Gasteiger partial charge in [-0.15, -0.1) is 0 Å². The first-order valence-electron chi connectivity index (χ1n) is 7.41. The Morgan fingerprint density at radius 1 is 0.857 bits per heavy atom. The highest BCUT2D eigenvalue weighted by Crippen LogP contribution is 2.26. The van der Waals surface area contributed by atoms with Gasteiger partial charge in [0.15, 0.2) is 0 Å². The third kappa shape index (κ3) is 4.50. The third-order valence-electron chi connectivity index (χ3n) is 3.18. The van der Waals surface area contributed by atoms with Gasteiger partial charge in [0.2, 0.25) is 0 Å². The van der Waals surface area contributed by atoms with E-state index in [1.807, 2.05) is 55.5 Å². The molecular weight excluding hydrogens is 264 g/mol. The molecule has 0 aliphatic heterocycles. The molecule has 21 heavy (non-hydrogen) atoms. The Hall–Kier alpha value is -2.00. The molecule has 1 atom stereocenters. The molecule has 0 bridgehead atoms. The zero-order chi connectivity index (χ0) is 15.1. The Bertz CT molecular complexity index is 531. The smallest absolute Gasteiger partial charge is 0.127 e. The van der Waals surface area contributed by atoms with Crippen LogP contribution in [0.4, 0.5) is 0 Å². The molecular formula is C18H22O3. The molecule has 2 aromatic carbocycles. The van der Waals surface area contributed by atoms with Crippen LogP contribution >= 0.6 is 0 Å². The summed E-state index contributed by atoms with van der Waals surface area (Å²) in [5.41, 5.74) is 0.910. The Morgan fingerprint density at radius 2 is 1.38 bits per heavy atom. The molecule has 0 heterocycles. The maximum Gasteiger partial charge on any atom is 0.127 e. The van der Waals surface area contributed by atoms with Crippen LogP contribution in [-0.2, 0) is 0 Å². The number of benzene rings is 2. The zero-order valence-electron chi connectivity index (χ0n) is 12.6. The number of hydrogen-bond donors (Lipinski definition) is 1. The molecule has 3 nitrogen and oxygen atoms in total. The largest absolute Gasteiger partial charge is 0.494 e. The van der Waals surface area contributed by atoms with Gasteiger partial charge in [-0.1, -0.05) is 26.0 Å². The van der Waals surface area contributed by atoms with E-state index in [4.69, 9.17) is 9.47 Å². The summed E-state index contributed by atoms with van der Waals surface area (Å²) in [7, 11) is 0. The molecule has 0 unspecified atom stereocenters. The van der Waals surface area contributed by atoms with Gasteiger partial charge >= 0.3 is 0 Å². The zero-order valence-corrected chi connectivity index (χ0v) is 12.6. The van der Waals surface area contributed by atoms with E-state index in [0.717, 1.165) is 35.8 Å². The molecule has 2 aromatic rings. The summed E-state index contributed by atoms with van der Waals surface area (Å²) in [6.07, 6.45) is 1.29. The highest BCUT2D eigenvalue weighted by atomic mass is 16.5. The fourth-order valence-electron chi connectivity index (χ4n) is 1.95. The molecule has 0 aliphatic rings. The van der Waals surface area contributed by atoms with Gasteiger partial charge in [0.05, 0.1) is 12.7 Å². The SMILES string of the molecule is CCCOc1ccc(Oc2ccc([C@H](O)CC)cc2)cc1. The van der Waals surface area contributed by atoms with E-state index >= 15 is 0 Å². The van der Waals surface area contributed by atoms with E-state index in [0.29, 0.717) is 6.42 Å². The molecule has 1 N–H and O–H groups in total. The number of hydrogen-bond acceptors (Lipinski definition) is 3. The van der Waals surface area contributed by atoms with E-state index < -0.39 is 6.10 Å². The van der Waals surface area contributed by atoms with Crippen molar-refractivity contribution in [2.75, 3.05) is 6.61 Å². The Morgan fingerprint density at radius 3 is 1.90 bits per heavy atom. The van der Waals surface area contributed by atoms with Crippen LogP contribution in [0.2, 0.25) is 0 Å². The van der Waals surface area contributed by atoms with Crippen molar-refractivity contribution in [2.45, 2.75) is 32.8 Å². The monoisotopic (exact) mass is 286 g/mol. The Kier molecular flexibility index (Phi) is 5.64. The second-order valence-electron chi connectivity index (χ2n) is 4.92. The van der Waals surface area contributed by atoms with Crippen molar-refractivity contribution >= 4 is 0 Å².